The summed E-state index contributed by atoms with van der Waals surface area (Å²) in [6.07, 6.45) is 4.81. The van der Waals surface area contributed by atoms with E-state index in [-0.39, 0.29) is 0 Å². The predicted molar refractivity (Wildman–Crippen MR) is 66.9 cm³/mol. The van der Waals surface area contributed by atoms with Crippen molar-refractivity contribution in [2.45, 2.75) is 52.2 Å². The maximum Gasteiger partial charge on any atom is 0.249 e. The zero-order chi connectivity index (χ0) is 11.0. The lowest BCUT2D eigenvalue weighted by Crippen LogP contribution is -2.33. The van der Waals surface area contributed by atoms with Gasteiger partial charge in [-0.05, 0) is 37.0 Å². The minimum atomic E-state index is -1.42. The molecule has 0 saturated carbocycles. The summed E-state index contributed by atoms with van der Waals surface area (Å²) in [5, 5.41) is 0. The summed E-state index contributed by atoms with van der Waals surface area (Å²) in [7, 11) is -1.42. The van der Waals surface area contributed by atoms with Crippen molar-refractivity contribution in [2.24, 2.45) is 0 Å². The van der Waals surface area contributed by atoms with E-state index in [1.54, 1.807) is 0 Å². The van der Waals surface area contributed by atoms with Gasteiger partial charge >= 0.3 is 0 Å². The van der Waals surface area contributed by atoms with Crippen LogP contribution in [-0.2, 0) is 4.43 Å². The van der Waals surface area contributed by atoms with E-state index >= 15 is 0 Å². The Morgan fingerprint density at radius 3 is 2.07 bits per heavy atom. The Morgan fingerprint density at radius 1 is 1.21 bits per heavy atom. The highest BCUT2D eigenvalue weighted by Gasteiger charge is 2.29. The molecule has 0 aromatic rings. The number of hydrogen-bond acceptors (Lipinski definition) is 1. The Labute approximate surface area is 90.0 Å². The standard InChI is InChI=1S/C12H24OSi/c1-6-10-12(5)11-13-14(7-2,8-3)9-4/h6,11H,1,7-10H2,2-5H3/b12-11+. The molecule has 0 aromatic heterocycles. The van der Waals surface area contributed by atoms with E-state index < -0.39 is 8.32 Å². The van der Waals surface area contributed by atoms with Crippen LogP contribution >= 0.6 is 0 Å². The van der Waals surface area contributed by atoms with Gasteiger partial charge in [0.25, 0.3) is 0 Å². The van der Waals surface area contributed by atoms with Crippen molar-refractivity contribution in [3.8, 4) is 0 Å². The molecule has 0 bridgehead atoms. The van der Waals surface area contributed by atoms with Gasteiger partial charge in [0.2, 0.25) is 8.32 Å². The second kappa shape index (κ2) is 6.88. The van der Waals surface area contributed by atoms with Crippen LogP contribution in [0.3, 0.4) is 0 Å². The molecular weight excluding hydrogens is 188 g/mol. The minimum Gasteiger partial charge on any atom is -0.549 e. The van der Waals surface area contributed by atoms with E-state index in [0.717, 1.165) is 6.42 Å². The van der Waals surface area contributed by atoms with Crippen LogP contribution in [0.4, 0.5) is 0 Å². The van der Waals surface area contributed by atoms with Gasteiger partial charge in [-0.3, -0.25) is 0 Å². The van der Waals surface area contributed by atoms with Crippen LogP contribution < -0.4 is 0 Å². The average Bonchev–Trinajstić information content (AvgIpc) is 2.21. The molecule has 0 fully saturated rings. The van der Waals surface area contributed by atoms with Crippen LogP contribution in [0.2, 0.25) is 18.1 Å². The topological polar surface area (TPSA) is 9.23 Å². The van der Waals surface area contributed by atoms with Gasteiger partial charge in [-0.1, -0.05) is 26.8 Å². The molecule has 0 atom stereocenters. The van der Waals surface area contributed by atoms with E-state index in [4.69, 9.17) is 4.43 Å². The van der Waals surface area contributed by atoms with Crippen molar-refractivity contribution in [1.29, 1.82) is 0 Å². The molecule has 0 aliphatic rings. The molecule has 0 amide bonds. The largest absolute Gasteiger partial charge is 0.549 e. The van der Waals surface area contributed by atoms with Gasteiger partial charge in [0.15, 0.2) is 0 Å². The van der Waals surface area contributed by atoms with Crippen LogP contribution in [0.1, 0.15) is 34.1 Å². The Kier molecular flexibility index (Phi) is 6.63. The van der Waals surface area contributed by atoms with E-state index in [1.165, 1.54) is 23.7 Å². The van der Waals surface area contributed by atoms with Crippen molar-refractivity contribution in [3.05, 3.63) is 24.5 Å². The quantitative estimate of drug-likeness (QED) is 0.343. The van der Waals surface area contributed by atoms with Crippen molar-refractivity contribution in [1.82, 2.24) is 0 Å². The van der Waals surface area contributed by atoms with Gasteiger partial charge in [-0.2, -0.15) is 0 Å². The molecule has 0 aliphatic heterocycles. The van der Waals surface area contributed by atoms with Crippen LogP contribution in [0, 0.1) is 0 Å². The lowest BCUT2D eigenvalue weighted by Gasteiger charge is -2.27. The molecule has 0 spiro atoms. The van der Waals surface area contributed by atoms with Crippen LogP contribution in [0.5, 0.6) is 0 Å². The molecule has 82 valence electrons. The molecule has 0 aliphatic carbocycles. The first-order valence-electron chi connectivity index (χ1n) is 5.58. The first-order chi connectivity index (χ1) is 6.64. The molecule has 14 heavy (non-hydrogen) atoms. The summed E-state index contributed by atoms with van der Waals surface area (Å²) < 4.78 is 6.02. The number of rotatable bonds is 7. The van der Waals surface area contributed by atoms with Crippen molar-refractivity contribution < 1.29 is 4.43 Å². The van der Waals surface area contributed by atoms with E-state index in [2.05, 4.69) is 34.3 Å². The first-order valence-corrected chi connectivity index (χ1v) is 8.11. The highest BCUT2D eigenvalue weighted by atomic mass is 28.4. The highest BCUT2D eigenvalue weighted by molar-refractivity contribution is 6.73. The Hall–Kier alpha value is -0.503. The highest BCUT2D eigenvalue weighted by Crippen LogP contribution is 2.22. The predicted octanol–water partition coefficient (Wildman–Crippen LogP) is 4.49. The van der Waals surface area contributed by atoms with Crippen LogP contribution in [-0.4, -0.2) is 8.32 Å². The summed E-state index contributed by atoms with van der Waals surface area (Å²) in [4.78, 5) is 0. The molecule has 0 N–H and O–H groups in total. The molecule has 2 heteroatoms. The lowest BCUT2D eigenvalue weighted by molar-refractivity contribution is 0.452. The van der Waals surface area contributed by atoms with Crippen molar-refractivity contribution >= 4 is 8.32 Å². The summed E-state index contributed by atoms with van der Waals surface area (Å²) >= 11 is 0. The van der Waals surface area contributed by atoms with Gasteiger partial charge in [-0.25, -0.2) is 0 Å². The molecule has 0 unspecified atom stereocenters. The van der Waals surface area contributed by atoms with E-state index in [9.17, 15) is 0 Å². The van der Waals surface area contributed by atoms with E-state index in [0.29, 0.717) is 0 Å². The third kappa shape index (κ3) is 4.14. The van der Waals surface area contributed by atoms with E-state index in [1.807, 2.05) is 12.3 Å². The van der Waals surface area contributed by atoms with Crippen molar-refractivity contribution in [2.75, 3.05) is 0 Å². The lowest BCUT2D eigenvalue weighted by atomic mass is 10.2. The molecule has 0 aromatic carbocycles. The summed E-state index contributed by atoms with van der Waals surface area (Å²) in [6.45, 7) is 12.6. The summed E-state index contributed by atoms with van der Waals surface area (Å²) in [6, 6.07) is 3.62. The van der Waals surface area contributed by atoms with Crippen molar-refractivity contribution in [3.63, 3.8) is 0 Å². The Morgan fingerprint density at radius 2 is 1.71 bits per heavy atom. The third-order valence-corrected chi connectivity index (χ3v) is 7.39. The van der Waals surface area contributed by atoms with Gasteiger partial charge in [0.05, 0.1) is 6.26 Å². The number of hydrogen-bond donors (Lipinski definition) is 0. The smallest absolute Gasteiger partial charge is 0.249 e. The maximum absolute atomic E-state index is 6.02. The fourth-order valence-corrected chi connectivity index (χ4v) is 3.95. The minimum absolute atomic E-state index is 0.932. The third-order valence-electron chi connectivity index (χ3n) is 2.91. The monoisotopic (exact) mass is 212 g/mol. The van der Waals surface area contributed by atoms with Gasteiger partial charge in [0, 0.05) is 0 Å². The molecule has 0 saturated heterocycles. The summed E-state index contributed by atoms with van der Waals surface area (Å²) in [5.41, 5.74) is 1.27. The fourth-order valence-electron chi connectivity index (χ4n) is 1.50. The second-order valence-corrected chi connectivity index (χ2v) is 8.54. The SMILES string of the molecule is C=CC/C(C)=C/O[Si](CC)(CC)CC. The molecule has 0 heterocycles. The molecular formula is C12H24OSi. The number of allylic oxidation sites excluding steroid dienone is 2. The Balaban J connectivity index is 4.30. The second-order valence-electron chi connectivity index (χ2n) is 3.82. The molecule has 0 radical (unpaired) electrons. The zero-order valence-electron chi connectivity index (χ0n) is 10.1. The zero-order valence-corrected chi connectivity index (χ0v) is 11.1. The molecule has 1 nitrogen and oxygen atoms in total. The van der Waals surface area contributed by atoms with Gasteiger partial charge in [-0.15, -0.1) is 6.58 Å². The van der Waals surface area contributed by atoms with Gasteiger partial charge in [0.1, 0.15) is 0 Å². The fraction of sp³-hybridized carbons (Fsp3) is 0.667. The van der Waals surface area contributed by atoms with Gasteiger partial charge < -0.3 is 4.43 Å². The summed E-state index contributed by atoms with van der Waals surface area (Å²) in [5.74, 6) is 0. The van der Waals surface area contributed by atoms with Crippen LogP contribution in [0.25, 0.3) is 0 Å². The van der Waals surface area contributed by atoms with Crippen LogP contribution in [0.15, 0.2) is 24.5 Å². The Bertz CT molecular complexity index is 184. The normalized spacial score (nSPS) is 12.7. The average molecular weight is 212 g/mol. The first kappa shape index (κ1) is 13.5. The maximum atomic E-state index is 6.02. The molecule has 0 rings (SSSR count).